The summed E-state index contributed by atoms with van der Waals surface area (Å²) in [7, 11) is 0. The fourth-order valence-electron chi connectivity index (χ4n) is 2.16. The average Bonchev–Trinajstić information content (AvgIpc) is 2.47. The van der Waals surface area contributed by atoms with Gasteiger partial charge in [0.05, 0.1) is 0 Å². The number of Topliss-reactive ketones (excluding diaryl/α,β-unsaturated/α-hetero) is 1. The van der Waals surface area contributed by atoms with Crippen molar-refractivity contribution in [3.8, 4) is 5.75 Å². The SMILES string of the molecule is CC(=O)CC(C)Oc1ccc(C(=O)c2ccc(N)cc2)cc1. The topological polar surface area (TPSA) is 69.4 Å². The first-order valence-electron chi connectivity index (χ1n) is 7.12. The number of nitrogen functional groups attached to an aromatic ring is 1. The van der Waals surface area contributed by atoms with E-state index in [1.807, 2.05) is 6.92 Å². The average molecular weight is 297 g/mol. The quantitative estimate of drug-likeness (QED) is 0.656. The van der Waals surface area contributed by atoms with Crippen molar-refractivity contribution in [1.29, 1.82) is 0 Å². The molecule has 4 heteroatoms. The van der Waals surface area contributed by atoms with Crippen LogP contribution in [0.3, 0.4) is 0 Å². The Morgan fingerprint density at radius 1 is 1.00 bits per heavy atom. The van der Waals surface area contributed by atoms with E-state index in [9.17, 15) is 9.59 Å². The number of hydrogen-bond acceptors (Lipinski definition) is 4. The van der Waals surface area contributed by atoms with Gasteiger partial charge in [0.2, 0.25) is 0 Å². The van der Waals surface area contributed by atoms with E-state index in [4.69, 9.17) is 10.5 Å². The lowest BCUT2D eigenvalue weighted by atomic mass is 10.0. The zero-order valence-electron chi connectivity index (χ0n) is 12.7. The third-order valence-electron chi connectivity index (χ3n) is 3.20. The second-order valence-corrected chi connectivity index (χ2v) is 5.31. The molecule has 0 bridgehead atoms. The highest BCUT2D eigenvalue weighted by Crippen LogP contribution is 2.18. The molecule has 2 aromatic carbocycles. The van der Waals surface area contributed by atoms with Gasteiger partial charge in [-0.1, -0.05) is 0 Å². The molecule has 0 aromatic heterocycles. The van der Waals surface area contributed by atoms with Crippen LogP contribution in [0.15, 0.2) is 48.5 Å². The smallest absolute Gasteiger partial charge is 0.193 e. The fourth-order valence-corrected chi connectivity index (χ4v) is 2.16. The van der Waals surface area contributed by atoms with Gasteiger partial charge in [0.1, 0.15) is 17.6 Å². The Bertz CT molecular complexity index is 660. The molecule has 22 heavy (non-hydrogen) atoms. The van der Waals surface area contributed by atoms with E-state index in [0.717, 1.165) is 0 Å². The first kappa shape index (κ1) is 15.8. The van der Waals surface area contributed by atoms with Crippen molar-refractivity contribution in [3.63, 3.8) is 0 Å². The first-order valence-corrected chi connectivity index (χ1v) is 7.12. The minimum Gasteiger partial charge on any atom is -0.490 e. The maximum Gasteiger partial charge on any atom is 0.193 e. The lowest BCUT2D eigenvalue weighted by Crippen LogP contribution is -2.15. The summed E-state index contributed by atoms with van der Waals surface area (Å²) < 4.78 is 5.63. The second-order valence-electron chi connectivity index (χ2n) is 5.31. The molecule has 114 valence electrons. The highest BCUT2D eigenvalue weighted by atomic mass is 16.5. The summed E-state index contributed by atoms with van der Waals surface area (Å²) in [6.07, 6.45) is 0.183. The van der Waals surface area contributed by atoms with Crippen LogP contribution < -0.4 is 10.5 Å². The Kier molecular flexibility index (Phi) is 4.94. The van der Waals surface area contributed by atoms with Crippen LogP contribution >= 0.6 is 0 Å². The Balaban J connectivity index is 2.06. The van der Waals surface area contributed by atoms with Crippen LogP contribution in [0.2, 0.25) is 0 Å². The van der Waals surface area contributed by atoms with Gasteiger partial charge in [-0.25, -0.2) is 0 Å². The van der Waals surface area contributed by atoms with Gasteiger partial charge in [-0.3, -0.25) is 9.59 Å². The highest BCUT2D eigenvalue weighted by Gasteiger charge is 2.10. The van der Waals surface area contributed by atoms with E-state index in [1.165, 1.54) is 6.92 Å². The number of ketones is 2. The minimum absolute atomic E-state index is 0.0664. The largest absolute Gasteiger partial charge is 0.490 e. The maximum atomic E-state index is 12.3. The zero-order chi connectivity index (χ0) is 16.1. The Morgan fingerprint density at radius 3 is 2.00 bits per heavy atom. The molecule has 0 spiro atoms. The van der Waals surface area contributed by atoms with Gasteiger partial charge in [-0.2, -0.15) is 0 Å². The third kappa shape index (κ3) is 4.19. The van der Waals surface area contributed by atoms with E-state index in [1.54, 1.807) is 48.5 Å². The van der Waals surface area contributed by atoms with Gasteiger partial charge in [-0.15, -0.1) is 0 Å². The van der Waals surface area contributed by atoms with Crippen molar-refractivity contribution in [1.82, 2.24) is 0 Å². The molecule has 4 nitrogen and oxygen atoms in total. The second kappa shape index (κ2) is 6.89. The summed E-state index contributed by atoms with van der Waals surface area (Å²) in [5.74, 6) is 0.661. The van der Waals surface area contributed by atoms with Gasteiger partial charge >= 0.3 is 0 Å². The number of hydrogen-bond donors (Lipinski definition) is 1. The summed E-state index contributed by atoms with van der Waals surface area (Å²) in [6, 6.07) is 13.7. The van der Waals surface area contributed by atoms with E-state index in [-0.39, 0.29) is 17.7 Å². The molecule has 0 fully saturated rings. The summed E-state index contributed by atoms with van der Waals surface area (Å²) >= 11 is 0. The standard InChI is InChI=1S/C18H19NO3/c1-12(20)11-13(2)22-17-9-5-15(6-10-17)18(21)14-3-7-16(19)8-4-14/h3-10,13H,11,19H2,1-2H3. The summed E-state index contributed by atoms with van der Waals surface area (Å²) in [6.45, 7) is 3.38. The fraction of sp³-hybridized carbons (Fsp3) is 0.222. The molecule has 1 unspecified atom stereocenters. The minimum atomic E-state index is -0.184. The van der Waals surface area contributed by atoms with Crippen LogP contribution in [-0.4, -0.2) is 17.7 Å². The molecule has 2 aromatic rings. The van der Waals surface area contributed by atoms with Crippen molar-refractivity contribution < 1.29 is 14.3 Å². The Hall–Kier alpha value is -2.62. The molecule has 0 heterocycles. The lowest BCUT2D eigenvalue weighted by Gasteiger charge is -2.13. The predicted octanol–water partition coefficient (Wildman–Crippen LogP) is 3.25. The summed E-state index contributed by atoms with van der Waals surface area (Å²) in [5.41, 5.74) is 7.41. The van der Waals surface area contributed by atoms with Gasteiger partial charge in [0, 0.05) is 23.2 Å². The van der Waals surface area contributed by atoms with Crippen molar-refractivity contribution in [2.45, 2.75) is 26.4 Å². The maximum absolute atomic E-state index is 12.3. The molecule has 0 radical (unpaired) electrons. The van der Waals surface area contributed by atoms with Crippen molar-refractivity contribution in [2.75, 3.05) is 5.73 Å². The Morgan fingerprint density at radius 2 is 1.50 bits per heavy atom. The molecule has 0 aliphatic rings. The van der Waals surface area contributed by atoms with Crippen LogP contribution in [0.25, 0.3) is 0 Å². The van der Waals surface area contributed by atoms with Gasteiger partial charge in [0.15, 0.2) is 5.78 Å². The van der Waals surface area contributed by atoms with Crippen LogP contribution in [0, 0.1) is 0 Å². The van der Waals surface area contributed by atoms with Crippen LogP contribution in [-0.2, 0) is 4.79 Å². The number of carbonyl (C=O) groups excluding carboxylic acids is 2. The number of ether oxygens (including phenoxy) is 1. The number of rotatable bonds is 6. The van der Waals surface area contributed by atoms with E-state index in [0.29, 0.717) is 29.0 Å². The van der Waals surface area contributed by atoms with Crippen molar-refractivity contribution in [2.24, 2.45) is 0 Å². The van der Waals surface area contributed by atoms with Gasteiger partial charge in [-0.05, 0) is 62.4 Å². The highest BCUT2D eigenvalue weighted by molar-refractivity contribution is 6.09. The van der Waals surface area contributed by atoms with Crippen molar-refractivity contribution in [3.05, 3.63) is 59.7 Å². The van der Waals surface area contributed by atoms with Crippen LogP contribution in [0.5, 0.6) is 5.75 Å². The molecular formula is C18H19NO3. The normalized spacial score (nSPS) is 11.7. The Labute approximate surface area is 129 Å². The summed E-state index contributed by atoms with van der Waals surface area (Å²) in [4.78, 5) is 23.3. The molecule has 2 rings (SSSR count). The van der Waals surface area contributed by atoms with Gasteiger partial charge < -0.3 is 10.5 Å². The first-order chi connectivity index (χ1) is 10.5. The molecule has 1 atom stereocenters. The number of anilines is 1. The van der Waals surface area contributed by atoms with Gasteiger partial charge in [0.25, 0.3) is 0 Å². The van der Waals surface area contributed by atoms with Crippen molar-refractivity contribution >= 4 is 17.3 Å². The van der Waals surface area contributed by atoms with Crippen LogP contribution in [0.4, 0.5) is 5.69 Å². The molecule has 0 saturated heterocycles. The zero-order valence-corrected chi connectivity index (χ0v) is 12.7. The molecule has 0 aliphatic carbocycles. The lowest BCUT2D eigenvalue weighted by molar-refractivity contribution is -0.118. The third-order valence-corrected chi connectivity index (χ3v) is 3.20. The summed E-state index contributed by atoms with van der Waals surface area (Å²) in [5, 5.41) is 0. The number of nitrogens with two attached hydrogens (primary N) is 1. The molecule has 0 amide bonds. The molecule has 0 saturated carbocycles. The van der Waals surface area contributed by atoms with Crippen LogP contribution in [0.1, 0.15) is 36.2 Å². The molecular weight excluding hydrogens is 278 g/mol. The molecule has 2 N–H and O–H groups in total. The molecule has 0 aliphatic heterocycles. The predicted molar refractivity (Wildman–Crippen MR) is 86.1 cm³/mol. The van der Waals surface area contributed by atoms with E-state index < -0.39 is 0 Å². The number of carbonyl (C=O) groups is 2. The number of benzene rings is 2. The van der Waals surface area contributed by atoms with E-state index >= 15 is 0 Å². The monoisotopic (exact) mass is 297 g/mol. The van der Waals surface area contributed by atoms with E-state index in [2.05, 4.69) is 0 Å².